The fraction of sp³-hybridized carbons (Fsp3) is 0.381. The number of carbonyl (C=O) groups is 1. The molecule has 0 aliphatic heterocycles. The standard InChI is InChI=1S/C21H27NO4S/c1-5-26-20(23)19(15-16-9-7-6-8-10-16)22-27(24,25)18-13-11-17(12-14-18)21(2,3)4/h6-14,19,22H,5,15H2,1-4H3. The summed E-state index contributed by atoms with van der Waals surface area (Å²) in [4.78, 5) is 12.4. The van der Waals surface area contributed by atoms with Crippen LogP contribution in [0.15, 0.2) is 59.5 Å². The maximum Gasteiger partial charge on any atom is 0.324 e. The van der Waals surface area contributed by atoms with E-state index in [0.717, 1.165) is 11.1 Å². The zero-order valence-electron chi connectivity index (χ0n) is 16.2. The first kappa shape index (κ1) is 21.1. The van der Waals surface area contributed by atoms with Gasteiger partial charge in [-0.05, 0) is 42.0 Å². The Morgan fingerprint density at radius 2 is 1.63 bits per heavy atom. The summed E-state index contributed by atoms with van der Waals surface area (Å²) in [6, 6.07) is 15.0. The van der Waals surface area contributed by atoms with E-state index in [4.69, 9.17) is 4.74 Å². The van der Waals surface area contributed by atoms with Crippen LogP contribution >= 0.6 is 0 Å². The molecule has 0 saturated heterocycles. The van der Waals surface area contributed by atoms with Gasteiger partial charge in [-0.25, -0.2) is 8.42 Å². The average molecular weight is 390 g/mol. The van der Waals surface area contributed by atoms with Crippen molar-refractivity contribution in [1.82, 2.24) is 4.72 Å². The highest BCUT2D eigenvalue weighted by molar-refractivity contribution is 7.89. The minimum atomic E-state index is -3.86. The van der Waals surface area contributed by atoms with E-state index in [0.29, 0.717) is 0 Å². The molecule has 0 aliphatic carbocycles. The van der Waals surface area contributed by atoms with Gasteiger partial charge in [-0.1, -0.05) is 63.2 Å². The van der Waals surface area contributed by atoms with Crippen LogP contribution in [0.1, 0.15) is 38.8 Å². The van der Waals surface area contributed by atoms with Crippen molar-refractivity contribution in [2.24, 2.45) is 0 Å². The van der Waals surface area contributed by atoms with Crippen LogP contribution in [0.4, 0.5) is 0 Å². The van der Waals surface area contributed by atoms with E-state index < -0.39 is 22.0 Å². The lowest BCUT2D eigenvalue weighted by Crippen LogP contribution is -2.43. The van der Waals surface area contributed by atoms with Gasteiger partial charge in [0, 0.05) is 0 Å². The zero-order chi connectivity index (χ0) is 20.1. The molecule has 0 bridgehead atoms. The third-order valence-corrected chi connectivity index (χ3v) is 5.67. The number of carbonyl (C=O) groups excluding carboxylic acids is 1. The summed E-state index contributed by atoms with van der Waals surface area (Å²) in [5.41, 5.74) is 1.81. The van der Waals surface area contributed by atoms with Gasteiger partial charge in [0.25, 0.3) is 0 Å². The Balaban J connectivity index is 2.25. The molecule has 1 unspecified atom stereocenters. The van der Waals surface area contributed by atoms with Crippen LogP contribution in [-0.4, -0.2) is 27.0 Å². The van der Waals surface area contributed by atoms with Crippen molar-refractivity contribution in [3.63, 3.8) is 0 Å². The Labute approximate surface area is 161 Å². The van der Waals surface area contributed by atoms with Gasteiger partial charge in [0.05, 0.1) is 11.5 Å². The smallest absolute Gasteiger partial charge is 0.324 e. The Bertz CT molecular complexity index is 853. The number of benzene rings is 2. The number of rotatable bonds is 7. The summed E-state index contributed by atoms with van der Waals surface area (Å²) in [5, 5.41) is 0. The first-order valence-corrected chi connectivity index (χ1v) is 10.4. The van der Waals surface area contributed by atoms with E-state index in [9.17, 15) is 13.2 Å². The molecule has 2 rings (SSSR count). The zero-order valence-corrected chi connectivity index (χ0v) is 17.0. The van der Waals surface area contributed by atoms with Crippen molar-refractivity contribution in [2.45, 2.75) is 50.5 Å². The summed E-state index contributed by atoms with van der Waals surface area (Å²) in [6.45, 7) is 8.06. The highest BCUT2D eigenvalue weighted by Crippen LogP contribution is 2.23. The largest absolute Gasteiger partial charge is 0.465 e. The lowest BCUT2D eigenvalue weighted by molar-refractivity contribution is -0.145. The van der Waals surface area contributed by atoms with Gasteiger partial charge in [-0.15, -0.1) is 0 Å². The van der Waals surface area contributed by atoms with Gasteiger partial charge < -0.3 is 4.74 Å². The van der Waals surface area contributed by atoms with Crippen molar-refractivity contribution in [2.75, 3.05) is 6.61 Å². The Morgan fingerprint density at radius 3 is 2.15 bits per heavy atom. The highest BCUT2D eigenvalue weighted by atomic mass is 32.2. The van der Waals surface area contributed by atoms with Crippen LogP contribution in [0, 0.1) is 0 Å². The molecule has 0 heterocycles. The predicted octanol–water partition coefficient (Wildman–Crippen LogP) is 3.44. The number of hydrogen-bond acceptors (Lipinski definition) is 4. The molecule has 6 heteroatoms. The van der Waals surface area contributed by atoms with E-state index >= 15 is 0 Å². The molecule has 0 saturated carbocycles. The van der Waals surface area contributed by atoms with Crippen LogP contribution in [0.25, 0.3) is 0 Å². The van der Waals surface area contributed by atoms with Gasteiger partial charge in [0.1, 0.15) is 6.04 Å². The van der Waals surface area contributed by atoms with Gasteiger partial charge in [0.15, 0.2) is 0 Å². The number of esters is 1. The third-order valence-electron chi connectivity index (χ3n) is 4.18. The van der Waals surface area contributed by atoms with Gasteiger partial charge >= 0.3 is 5.97 Å². The molecule has 0 aromatic heterocycles. The van der Waals surface area contributed by atoms with Gasteiger partial charge in [-0.2, -0.15) is 4.72 Å². The molecule has 146 valence electrons. The van der Waals surface area contributed by atoms with Crippen LogP contribution in [0.3, 0.4) is 0 Å². The summed E-state index contributed by atoms with van der Waals surface area (Å²) in [6.07, 6.45) is 0.221. The van der Waals surface area contributed by atoms with Crippen molar-refractivity contribution in [1.29, 1.82) is 0 Å². The van der Waals surface area contributed by atoms with E-state index in [1.807, 2.05) is 30.3 Å². The second kappa shape index (κ2) is 8.67. The second-order valence-corrected chi connectivity index (χ2v) is 9.10. The molecule has 2 aromatic rings. The van der Waals surface area contributed by atoms with Crippen molar-refractivity contribution in [3.05, 3.63) is 65.7 Å². The molecule has 1 atom stereocenters. The second-order valence-electron chi connectivity index (χ2n) is 7.39. The maximum absolute atomic E-state index is 12.8. The average Bonchev–Trinajstić information content (AvgIpc) is 2.61. The first-order valence-electron chi connectivity index (χ1n) is 8.97. The molecule has 2 aromatic carbocycles. The van der Waals surface area contributed by atoms with Crippen LogP contribution in [0.2, 0.25) is 0 Å². The molecule has 5 nitrogen and oxygen atoms in total. The number of hydrogen-bond donors (Lipinski definition) is 1. The van der Waals surface area contributed by atoms with Crippen molar-refractivity contribution >= 4 is 16.0 Å². The minimum Gasteiger partial charge on any atom is -0.465 e. The molecule has 0 amide bonds. The predicted molar refractivity (Wildman–Crippen MR) is 106 cm³/mol. The highest BCUT2D eigenvalue weighted by Gasteiger charge is 2.27. The van der Waals surface area contributed by atoms with E-state index in [2.05, 4.69) is 25.5 Å². The summed E-state index contributed by atoms with van der Waals surface area (Å²) >= 11 is 0. The van der Waals surface area contributed by atoms with E-state index in [1.54, 1.807) is 31.2 Å². The number of nitrogens with one attached hydrogen (secondary N) is 1. The molecule has 0 fully saturated rings. The molecule has 0 radical (unpaired) electrons. The van der Waals surface area contributed by atoms with Gasteiger partial charge in [-0.3, -0.25) is 4.79 Å². The van der Waals surface area contributed by atoms with Crippen molar-refractivity contribution in [3.8, 4) is 0 Å². The van der Waals surface area contributed by atoms with Crippen molar-refractivity contribution < 1.29 is 17.9 Å². The molecular formula is C21H27NO4S. The lowest BCUT2D eigenvalue weighted by Gasteiger charge is -2.20. The number of ether oxygens (including phenoxy) is 1. The molecule has 0 spiro atoms. The fourth-order valence-electron chi connectivity index (χ4n) is 2.66. The Kier molecular flexibility index (Phi) is 6.78. The van der Waals surface area contributed by atoms with E-state index in [1.165, 1.54) is 0 Å². The fourth-order valence-corrected chi connectivity index (χ4v) is 3.84. The molecular weight excluding hydrogens is 362 g/mol. The first-order chi connectivity index (χ1) is 12.6. The lowest BCUT2D eigenvalue weighted by atomic mass is 9.87. The minimum absolute atomic E-state index is 0.0729. The summed E-state index contributed by atoms with van der Waals surface area (Å²) < 4.78 is 33.1. The normalized spacial score (nSPS) is 13.2. The Morgan fingerprint density at radius 1 is 1.04 bits per heavy atom. The van der Waals surface area contributed by atoms with Crippen LogP contribution < -0.4 is 4.72 Å². The number of sulfonamides is 1. The van der Waals surface area contributed by atoms with Crippen LogP contribution in [-0.2, 0) is 31.4 Å². The molecule has 27 heavy (non-hydrogen) atoms. The monoisotopic (exact) mass is 389 g/mol. The topological polar surface area (TPSA) is 72.5 Å². The van der Waals surface area contributed by atoms with E-state index in [-0.39, 0.29) is 23.3 Å². The molecule has 1 N–H and O–H groups in total. The summed E-state index contributed by atoms with van der Waals surface area (Å²) in [7, 11) is -3.86. The summed E-state index contributed by atoms with van der Waals surface area (Å²) in [5.74, 6) is -0.587. The third kappa shape index (κ3) is 5.91. The molecule has 0 aliphatic rings. The maximum atomic E-state index is 12.8. The Hall–Kier alpha value is -2.18. The van der Waals surface area contributed by atoms with Crippen LogP contribution in [0.5, 0.6) is 0 Å². The SMILES string of the molecule is CCOC(=O)C(Cc1ccccc1)NS(=O)(=O)c1ccc(C(C)(C)C)cc1. The quantitative estimate of drug-likeness (QED) is 0.737. The van der Waals surface area contributed by atoms with Gasteiger partial charge in [0.2, 0.25) is 10.0 Å².